The van der Waals surface area contributed by atoms with Crippen molar-refractivity contribution in [2.75, 3.05) is 32.9 Å². The minimum atomic E-state index is -0.605. The second-order valence-corrected chi connectivity index (χ2v) is 13.5. The van der Waals surface area contributed by atoms with Gasteiger partial charge in [-0.1, -0.05) is 79.8 Å². The van der Waals surface area contributed by atoms with E-state index in [2.05, 4.69) is 67.7 Å². The third kappa shape index (κ3) is 16.5. The highest BCUT2D eigenvalue weighted by molar-refractivity contribution is 7.99. The number of carbonyl (C=O) groups is 3. The molecule has 1 aromatic carbocycles. The molecule has 0 aromatic heterocycles. The standard InChI is InChI=1S/C41H54FNO6S/c1-3-4-5-6-7-8-9-10-11-12-13-14-15-16-17-18-19-23-39(44)48-31-49-40(45)28-34-29-43(27-26-38(34)50-32-47-2)30-36-35(21-20-22-37(36)42)41(46)33-24-25-33/h4-5,7-8,10-11,13-14,16-17,20-22,28,33,38H,3,6,9,12,15,18-19,23-27,29-32H2,1-2H3/b5-4-,8-7-,11-10-,14-13-,17-16-,34-28-. The van der Waals surface area contributed by atoms with E-state index in [0.29, 0.717) is 36.6 Å². The molecular weight excluding hydrogens is 654 g/mol. The average Bonchev–Trinajstić information content (AvgIpc) is 3.96. The van der Waals surface area contributed by atoms with E-state index in [1.54, 1.807) is 31.0 Å². The molecule has 7 nitrogen and oxygen atoms in total. The molecule has 1 saturated heterocycles. The van der Waals surface area contributed by atoms with Crippen molar-refractivity contribution >= 4 is 29.5 Å². The fourth-order valence-corrected chi connectivity index (χ4v) is 6.36. The molecule has 0 spiro atoms. The highest BCUT2D eigenvalue weighted by Gasteiger charge is 2.33. The number of unbranched alkanes of at least 4 members (excludes halogenated alkanes) is 1. The monoisotopic (exact) mass is 707 g/mol. The molecule has 9 heteroatoms. The van der Waals surface area contributed by atoms with Crippen LogP contribution in [0.15, 0.2) is 90.6 Å². The van der Waals surface area contributed by atoms with Gasteiger partial charge in [0.1, 0.15) is 5.82 Å². The van der Waals surface area contributed by atoms with Crippen LogP contribution in [0, 0.1) is 11.7 Å². The number of likely N-dealkylation sites (tertiary alicyclic amines) is 1. The van der Waals surface area contributed by atoms with Crippen LogP contribution >= 0.6 is 11.8 Å². The largest absolute Gasteiger partial charge is 0.428 e. The molecule has 1 aromatic rings. The SMILES string of the molecule is CC/C=C\C/C=C\C/C=C\C/C=C\C/C=C\CCCC(=O)OCOC(=O)/C=C1/CN(Cc2c(F)cccc2C(=O)C2CC2)CCC1SCOC. The predicted molar refractivity (Wildman–Crippen MR) is 200 cm³/mol. The summed E-state index contributed by atoms with van der Waals surface area (Å²) in [7, 11) is 1.62. The normalized spacial score (nSPS) is 18.1. The molecule has 0 N–H and O–H groups in total. The van der Waals surface area contributed by atoms with Crippen LogP contribution in [-0.2, 0) is 30.3 Å². The number of carbonyl (C=O) groups excluding carboxylic acids is 3. The number of hydrogen-bond donors (Lipinski definition) is 0. The number of benzene rings is 1. The minimum Gasteiger partial charge on any atom is -0.428 e. The van der Waals surface area contributed by atoms with E-state index < -0.39 is 24.5 Å². The summed E-state index contributed by atoms with van der Waals surface area (Å²) in [4.78, 5) is 39.7. The fraction of sp³-hybridized carbons (Fsp3) is 0.488. The number of halogens is 1. The smallest absolute Gasteiger partial charge is 0.333 e. The van der Waals surface area contributed by atoms with Gasteiger partial charge in [0, 0.05) is 61.5 Å². The van der Waals surface area contributed by atoms with Crippen LogP contribution in [0.3, 0.4) is 0 Å². The van der Waals surface area contributed by atoms with E-state index >= 15 is 0 Å². The van der Waals surface area contributed by atoms with Gasteiger partial charge < -0.3 is 14.2 Å². The van der Waals surface area contributed by atoms with Crippen LogP contribution in [0.25, 0.3) is 0 Å². The molecule has 1 saturated carbocycles. The Balaban J connectivity index is 1.34. The van der Waals surface area contributed by atoms with E-state index in [-0.39, 0.29) is 29.9 Å². The molecule has 0 amide bonds. The van der Waals surface area contributed by atoms with Crippen LogP contribution in [0.4, 0.5) is 4.39 Å². The third-order valence-corrected chi connectivity index (χ3v) is 9.57. The fourth-order valence-electron chi connectivity index (χ4n) is 5.43. The van der Waals surface area contributed by atoms with Crippen LogP contribution in [0.5, 0.6) is 0 Å². The molecule has 50 heavy (non-hydrogen) atoms. The predicted octanol–water partition coefficient (Wildman–Crippen LogP) is 9.22. The van der Waals surface area contributed by atoms with Gasteiger partial charge in [0.2, 0.25) is 6.79 Å². The molecule has 272 valence electrons. The van der Waals surface area contributed by atoms with Crippen LogP contribution in [0.2, 0.25) is 0 Å². The van der Waals surface area contributed by atoms with Crippen molar-refractivity contribution in [3.63, 3.8) is 0 Å². The van der Waals surface area contributed by atoms with E-state index in [4.69, 9.17) is 14.2 Å². The number of nitrogens with zero attached hydrogens (tertiary/aromatic N) is 1. The Morgan fingerprint density at radius 2 is 1.56 bits per heavy atom. The Hall–Kier alpha value is -3.53. The topological polar surface area (TPSA) is 82.1 Å². The van der Waals surface area contributed by atoms with Crippen LogP contribution in [-0.4, -0.2) is 60.8 Å². The summed E-state index contributed by atoms with van der Waals surface area (Å²) < 4.78 is 30.5. The Kier molecular flexibility index (Phi) is 20.1. The van der Waals surface area contributed by atoms with Gasteiger partial charge in [-0.05, 0) is 75.8 Å². The van der Waals surface area contributed by atoms with Gasteiger partial charge in [0.25, 0.3) is 0 Å². The molecule has 1 unspecified atom stereocenters. The number of methoxy groups -OCH3 is 1. The number of ketones is 1. The molecular formula is C41H54FNO6S. The van der Waals surface area contributed by atoms with Crippen LogP contribution < -0.4 is 0 Å². The lowest BCUT2D eigenvalue weighted by Gasteiger charge is -2.34. The van der Waals surface area contributed by atoms with Gasteiger partial charge in [-0.3, -0.25) is 14.5 Å². The maximum absolute atomic E-state index is 14.9. The molecule has 1 aliphatic heterocycles. The molecule has 3 rings (SSSR count). The van der Waals surface area contributed by atoms with Crippen molar-refractivity contribution in [2.24, 2.45) is 5.92 Å². The lowest BCUT2D eigenvalue weighted by atomic mass is 9.98. The maximum Gasteiger partial charge on any atom is 0.333 e. The van der Waals surface area contributed by atoms with E-state index in [0.717, 1.165) is 63.4 Å². The van der Waals surface area contributed by atoms with Crippen molar-refractivity contribution in [1.29, 1.82) is 0 Å². The molecule has 1 heterocycles. The van der Waals surface area contributed by atoms with Crippen molar-refractivity contribution in [3.8, 4) is 0 Å². The molecule has 1 aliphatic carbocycles. The zero-order chi connectivity index (χ0) is 35.8. The average molecular weight is 708 g/mol. The second kappa shape index (κ2) is 24.6. The number of rotatable bonds is 23. The Labute approximate surface area is 302 Å². The first-order valence-corrected chi connectivity index (χ1v) is 18.9. The van der Waals surface area contributed by atoms with Crippen molar-refractivity contribution in [1.82, 2.24) is 4.90 Å². The number of Topliss-reactive ketones (excluding diaryl/α,β-unsaturated/α-hetero) is 1. The van der Waals surface area contributed by atoms with Gasteiger partial charge in [-0.25, -0.2) is 9.18 Å². The summed E-state index contributed by atoms with van der Waals surface area (Å²) in [6.07, 6.45) is 31.8. The van der Waals surface area contributed by atoms with Gasteiger partial charge in [-0.2, -0.15) is 0 Å². The first-order valence-electron chi connectivity index (χ1n) is 17.8. The quantitative estimate of drug-likeness (QED) is 0.0278. The number of thioether (sulfide) groups is 1. The lowest BCUT2D eigenvalue weighted by Crippen LogP contribution is -2.37. The molecule has 0 bridgehead atoms. The zero-order valence-corrected chi connectivity index (χ0v) is 30.6. The first kappa shape index (κ1) is 40.9. The van der Waals surface area contributed by atoms with Crippen molar-refractivity contribution in [3.05, 3.63) is 108 Å². The number of esters is 2. The van der Waals surface area contributed by atoms with Gasteiger partial charge in [0.15, 0.2) is 5.78 Å². The summed E-state index contributed by atoms with van der Waals surface area (Å²) >= 11 is 1.58. The molecule has 1 atom stereocenters. The summed E-state index contributed by atoms with van der Waals surface area (Å²) in [6, 6.07) is 4.68. The molecule has 0 radical (unpaired) electrons. The minimum absolute atomic E-state index is 0.00468. The summed E-state index contributed by atoms with van der Waals surface area (Å²) in [6.45, 7) is 3.04. The van der Waals surface area contributed by atoms with E-state index in [1.165, 1.54) is 12.1 Å². The maximum atomic E-state index is 14.9. The lowest BCUT2D eigenvalue weighted by molar-refractivity contribution is -0.164. The first-order chi connectivity index (χ1) is 24.4. The van der Waals surface area contributed by atoms with E-state index in [1.807, 2.05) is 4.90 Å². The Morgan fingerprint density at radius 3 is 2.20 bits per heavy atom. The third-order valence-electron chi connectivity index (χ3n) is 8.26. The highest BCUT2D eigenvalue weighted by Crippen LogP contribution is 2.35. The summed E-state index contributed by atoms with van der Waals surface area (Å²) in [5.41, 5.74) is 1.67. The molecule has 2 aliphatic rings. The molecule has 2 fully saturated rings. The zero-order valence-electron chi connectivity index (χ0n) is 29.7. The van der Waals surface area contributed by atoms with Gasteiger partial charge in [-0.15, -0.1) is 11.8 Å². The number of hydrogen-bond acceptors (Lipinski definition) is 8. The van der Waals surface area contributed by atoms with Gasteiger partial charge >= 0.3 is 11.9 Å². The second-order valence-electron chi connectivity index (χ2n) is 12.4. The van der Waals surface area contributed by atoms with Crippen molar-refractivity contribution < 1.29 is 33.0 Å². The summed E-state index contributed by atoms with van der Waals surface area (Å²) in [5, 5.41) is 0.0189. The number of ether oxygens (including phenoxy) is 3. The Bertz CT molecular complexity index is 1390. The number of allylic oxidation sites excluding steroid dienone is 10. The van der Waals surface area contributed by atoms with E-state index in [9.17, 15) is 18.8 Å². The Morgan fingerprint density at radius 1 is 0.900 bits per heavy atom. The summed E-state index contributed by atoms with van der Waals surface area (Å²) in [5.74, 6) is -0.953. The van der Waals surface area contributed by atoms with Gasteiger partial charge in [0.05, 0.1) is 5.94 Å². The van der Waals surface area contributed by atoms with Crippen molar-refractivity contribution in [2.45, 2.75) is 89.3 Å². The van der Waals surface area contributed by atoms with Crippen LogP contribution in [0.1, 0.15) is 93.5 Å². The number of piperidine rings is 1. The highest BCUT2D eigenvalue weighted by atomic mass is 32.2.